The van der Waals surface area contributed by atoms with Gasteiger partial charge >= 0.3 is 0 Å². The van der Waals surface area contributed by atoms with Gasteiger partial charge in [-0.25, -0.2) is 14.4 Å². The number of carbonyl (C=O) groups is 1. The van der Waals surface area contributed by atoms with E-state index in [1.807, 2.05) is 48.5 Å². The summed E-state index contributed by atoms with van der Waals surface area (Å²) in [6, 6.07) is 19.5. The highest BCUT2D eigenvalue weighted by Gasteiger charge is 2.19. The third-order valence-electron chi connectivity index (χ3n) is 5.29. The smallest absolute Gasteiger partial charge is 0.259 e. The van der Waals surface area contributed by atoms with Crippen LogP contribution >= 0.6 is 23.4 Å². The van der Waals surface area contributed by atoms with Crippen LogP contribution in [0.3, 0.4) is 0 Å². The minimum Gasteiger partial charge on any atom is -0.497 e. The molecule has 0 atom stereocenters. The highest BCUT2D eigenvalue weighted by molar-refractivity contribution is 7.99. The minimum absolute atomic E-state index is 0.0857. The molecule has 184 valence electrons. The van der Waals surface area contributed by atoms with E-state index in [2.05, 4.69) is 27.5 Å². The Morgan fingerprint density at radius 1 is 1.08 bits per heavy atom. The molecule has 4 aromatic rings. The lowest BCUT2D eigenvalue weighted by Gasteiger charge is -2.14. The van der Waals surface area contributed by atoms with Crippen LogP contribution in [0.4, 0.5) is 21.7 Å². The number of rotatable bonds is 9. The van der Waals surface area contributed by atoms with Crippen molar-refractivity contribution in [1.29, 1.82) is 0 Å². The highest BCUT2D eigenvalue weighted by atomic mass is 35.5. The molecule has 0 aliphatic carbocycles. The van der Waals surface area contributed by atoms with E-state index < -0.39 is 11.7 Å². The van der Waals surface area contributed by atoms with Gasteiger partial charge in [0.2, 0.25) is 5.95 Å². The molecule has 1 aromatic heterocycles. The molecule has 36 heavy (non-hydrogen) atoms. The first kappa shape index (κ1) is 25.5. The lowest BCUT2D eigenvalue weighted by molar-refractivity contribution is 0.102. The van der Waals surface area contributed by atoms with Gasteiger partial charge in [0.25, 0.3) is 5.91 Å². The number of carbonyl (C=O) groups excluding carboxylic acids is 1. The predicted octanol–water partition coefficient (Wildman–Crippen LogP) is 6.98. The van der Waals surface area contributed by atoms with Crippen LogP contribution in [0.2, 0.25) is 5.02 Å². The number of hydrogen-bond donors (Lipinski definition) is 2. The standard InChI is InChI=1S/C27H24ClFN4O2S/c1-3-36-24-10-5-4-7-17(24)15-23-20(26(34)33-25-21(28)8-6-9-22(25)29)16-30-27(32-23)31-18-11-13-19(35-2)14-12-18/h4-14,16H,3,15H2,1-2H3,(H,33,34)(H,30,31,32). The van der Waals surface area contributed by atoms with Crippen molar-refractivity contribution in [1.82, 2.24) is 9.97 Å². The largest absolute Gasteiger partial charge is 0.497 e. The van der Waals surface area contributed by atoms with Crippen LogP contribution in [0, 0.1) is 5.82 Å². The summed E-state index contributed by atoms with van der Waals surface area (Å²) in [7, 11) is 1.60. The molecule has 9 heteroatoms. The third kappa shape index (κ3) is 6.13. The van der Waals surface area contributed by atoms with Gasteiger partial charge in [-0.2, -0.15) is 0 Å². The Bertz CT molecular complexity index is 1350. The number of nitrogens with zero attached hydrogens (tertiary/aromatic N) is 2. The van der Waals surface area contributed by atoms with E-state index in [-0.39, 0.29) is 16.3 Å². The number of aromatic nitrogens is 2. The maximum atomic E-state index is 14.3. The Hall–Kier alpha value is -3.62. The summed E-state index contributed by atoms with van der Waals surface area (Å²) in [5, 5.41) is 5.84. The van der Waals surface area contributed by atoms with Crippen molar-refractivity contribution in [2.75, 3.05) is 23.5 Å². The van der Waals surface area contributed by atoms with Gasteiger partial charge in [0.15, 0.2) is 0 Å². The quantitative estimate of drug-likeness (QED) is 0.231. The normalized spacial score (nSPS) is 10.7. The number of methoxy groups -OCH3 is 1. The molecular weight excluding hydrogens is 499 g/mol. The van der Waals surface area contributed by atoms with Crippen molar-refractivity contribution < 1.29 is 13.9 Å². The zero-order valence-electron chi connectivity index (χ0n) is 19.7. The van der Waals surface area contributed by atoms with Crippen molar-refractivity contribution in [3.63, 3.8) is 0 Å². The summed E-state index contributed by atoms with van der Waals surface area (Å²) in [4.78, 5) is 23.3. The van der Waals surface area contributed by atoms with E-state index in [4.69, 9.17) is 16.3 Å². The second-order valence-corrected chi connectivity index (χ2v) is 9.39. The molecule has 0 radical (unpaired) electrons. The number of anilines is 3. The summed E-state index contributed by atoms with van der Waals surface area (Å²) in [6.07, 6.45) is 1.82. The molecule has 0 bridgehead atoms. The Balaban J connectivity index is 1.69. The molecule has 3 aromatic carbocycles. The summed E-state index contributed by atoms with van der Waals surface area (Å²) in [5.41, 5.74) is 2.42. The van der Waals surface area contributed by atoms with Crippen molar-refractivity contribution in [2.24, 2.45) is 0 Å². The average molecular weight is 523 g/mol. The number of para-hydroxylation sites is 1. The number of nitrogens with one attached hydrogen (secondary N) is 2. The van der Waals surface area contributed by atoms with Crippen molar-refractivity contribution in [3.8, 4) is 5.75 Å². The fraction of sp³-hybridized carbons (Fsp3) is 0.148. The van der Waals surface area contributed by atoms with Crippen LogP contribution in [0.5, 0.6) is 5.75 Å². The van der Waals surface area contributed by atoms with Gasteiger partial charge < -0.3 is 15.4 Å². The zero-order valence-corrected chi connectivity index (χ0v) is 21.3. The van der Waals surface area contributed by atoms with E-state index in [0.717, 1.165) is 27.6 Å². The zero-order chi connectivity index (χ0) is 25.5. The second-order valence-electron chi connectivity index (χ2n) is 7.68. The van der Waals surface area contributed by atoms with Crippen LogP contribution in [0.25, 0.3) is 0 Å². The Labute approximate surface area is 218 Å². The van der Waals surface area contributed by atoms with Gasteiger partial charge in [-0.1, -0.05) is 42.8 Å². The van der Waals surface area contributed by atoms with Crippen LogP contribution in [-0.4, -0.2) is 28.7 Å². The van der Waals surface area contributed by atoms with Crippen LogP contribution < -0.4 is 15.4 Å². The number of ether oxygens (including phenoxy) is 1. The lowest BCUT2D eigenvalue weighted by atomic mass is 10.1. The molecule has 1 amide bonds. The van der Waals surface area contributed by atoms with E-state index >= 15 is 0 Å². The topological polar surface area (TPSA) is 76.1 Å². The monoisotopic (exact) mass is 522 g/mol. The number of amides is 1. The number of thioether (sulfide) groups is 1. The van der Waals surface area contributed by atoms with Gasteiger partial charge in [-0.3, -0.25) is 4.79 Å². The first-order valence-electron chi connectivity index (χ1n) is 11.2. The van der Waals surface area contributed by atoms with Crippen molar-refractivity contribution in [3.05, 3.63) is 101 Å². The maximum absolute atomic E-state index is 14.3. The first-order chi connectivity index (χ1) is 17.5. The fourth-order valence-electron chi connectivity index (χ4n) is 3.53. The van der Waals surface area contributed by atoms with E-state index in [0.29, 0.717) is 18.1 Å². The molecule has 0 saturated heterocycles. The molecule has 0 aliphatic heterocycles. The van der Waals surface area contributed by atoms with Crippen molar-refractivity contribution in [2.45, 2.75) is 18.2 Å². The van der Waals surface area contributed by atoms with Gasteiger partial charge in [-0.15, -0.1) is 11.8 Å². The van der Waals surface area contributed by atoms with E-state index in [9.17, 15) is 9.18 Å². The summed E-state index contributed by atoms with van der Waals surface area (Å²) in [5.74, 6) is 0.793. The molecule has 2 N–H and O–H groups in total. The van der Waals surface area contributed by atoms with Crippen LogP contribution in [-0.2, 0) is 6.42 Å². The molecule has 0 unspecified atom stereocenters. The van der Waals surface area contributed by atoms with E-state index in [1.165, 1.54) is 24.4 Å². The van der Waals surface area contributed by atoms with E-state index in [1.54, 1.807) is 18.9 Å². The van der Waals surface area contributed by atoms with Crippen LogP contribution in [0.1, 0.15) is 28.5 Å². The maximum Gasteiger partial charge on any atom is 0.259 e. The molecular formula is C27H24ClFN4O2S. The van der Waals surface area contributed by atoms with Gasteiger partial charge in [0.05, 0.1) is 29.1 Å². The van der Waals surface area contributed by atoms with Gasteiger partial charge in [0.1, 0.15) is 11.6 Å². The van der Waals surface area contributed by atoms with Crippen molar-refractivity contribution >= 4 is 46.6 Å². The Morgan fingerprint density at radius 2 is 1.86 bits per heavy atom. The predicted molar refractivity (Wildman–Crippen MR) is 143 cm³/mol. The third-order valence-corrected chi connectivity index (χ3v) is 6.60. The summed E-state index contributed by atoms with van der Waals surface area (Å²) >= 11 is 7.83. The summed E-state index contributed by atoms with van der Waals surface area (Å²) < 4.78 is 19.5. The molecule has 0 spiro atoms. The highest BCUT2D eigenvalue weighted by Crippen LogP contribution is 2.28. The minimum atomic E-state index is -0.624. The number of hydrogen-bond acceptors (Lipinski definition) is 6. The van der Waals surface area contributed by atoms with Gasteiger partial charge in [-0.05, 0) is 53.8 Å². The molecule has 4 rings (SSSR count). The second kappa shape index (κ2) is 11.9. The molecule has 0 aliphatic rings. The molecule has 6 nitrogen and oxygen atoms in total. The fourth-order valence-corrected chi connectivity index (χ4v) is 4.55. The summed E-state index contributed by atoms with van der Waals surface area (Å²) in [6.45, 7) is 2.08. The average Bonchev–Trinajstić information content (AvgIpc) is 2.88. The first-order valence-corrected chi connectivity index (χ1v) is 12.6. The van der Waals surface area contributed by atoms with Gasteiger partial charge in [0, 0.05) is 23.2 Å². The molecule has 0 fully saturated rings. The Morgan fingerprint density at radius 3 is 2.58 bits per heavy atom. The van der Waals surface area contributed by atoms with Crippen LogP contribution in [0.15, 0.2) is 77.8 Å². The lowest BCUT2D eigenvalue weighted by Crippen LogP contribution is -2.18. The number of halogens is 2. The molecule has 0 saturated carbocycles. The SMILES string of the molecule is CCSc1ccccc1Cc1nc(Nc2ccc(OC)cc2)ncc1C(=O)Nc1c(F)cccc1Cl. The number of benzene rings is 3. The molecule has 1 heterocycles. The Kier molecular flexibility index (Phi) is 8.40.